The molecule has 1 heterocycles. The summed E-state index contributed by atoms with van der Waals surface area (Å²) in [5, 5.41) is 2.82. The quantitative estimate of drug-likeness (QED) is 0.805. The zero-order chi connectivity index (χ0) is 18.4. The Hall–Kier alpha value is -2.60. The van der Waals surface area contributed by atoms with Gasteiger partial charge in [-0.15, -0.1) is 0 Å². The molecule has 138 valence electrons. The maximum absolute atomic E-state index is 13.6. The van der Waals surface area contributed by atoms with Gasteiger partial charge in [-0.25, -0.2) is 4.39 Å². The van der Waals surface area contributed by atoms with Gasteiger partial charge in [-0.05, 0) is 30.3 Å². The lowest BCUT2D eigenvalue weighted by Crippen LogP contribution is -3.15. The molecule has 1 saturated heterocycles. The van der Waals surface area contributed by atoms with Gasteiger partial charge in [0.05, 0.1) is 33.3 Å². The molecular formula is C20H25FN3O2+. The lowest BCUT2D eigenvalue weighted by atomic mass is 10.2. The molecule has 0 atom stereocenters. The van der Waals surface area contributed by atoms with E-state index in [2.05, 4.69) is 22.3 Å². The Morgan fingerprint density at radius 3 is 2.50 bits per heavy atom. The van der Waals surface area contributed by atoms with E-state index in [0.717, 1.165) is 31.9 Å². The lowest BCUT2D eigenvalue weighted by molar-refractivity contribution is -0.892. The van der Waals surface area contributed by atoms with Gasteiger partial charge in [0.25, 0.3) is 5.91 Å². The van der Waals surface area contributed by atoms with Crippen molar-refractivity contribution in [1.29, 1.82) is 0 Å². The van der Waals surface area contributed by atoms with Crippen molar-refractivity contribution in [3.8, 4) is 5.75 Å². The Labute approximate surface area is 153 Å². The summed E-state index contributed by atoms with van der Waals surface area (Å²) < 4.78 is 18.8. The van der Waals surface area contributed by atoms with Crippen LogP contribution in [0.5, 0.6) is 5.75 Å². The van der Waals surface area contributed by atoms with Gasteiger partial charge in [0.2, 0.25) is 0 Å². The van der Waals surface area contributed by atoms with Crippen molar-refractivity contribution < 1.29 is 18.8 Å². The minimum atomic E-state index is -0.284. The van der Waals surface area contributed by atoms with Crippen molar-refractivity contribution in [3.05, 3.63) is 59.9 Å². The van der Waals surface area contributed by atoms with Crippen molar-refractivity contribution in [3.63, 3.8) is 0 Å². The molecule has 1 amide bonds. The summed E-state index contributed by atoms with van der Waals surface area (Å²) in [5.41, 5.74) is 1.69. The third-order valence-corrected chi connectivity index (χ3v) is 4.75. The summed E-state index contributed by atoms with van der Waals surface area (Å²) in [6.45, 7) is 4.27. The van der Waals surface area contributed by atoms with Crippen LogP contribution in [0.3, 0.4) is 0 Å². The van der Waals surface area contributed by atoms with E-state index in [0.29, 0.717) is 12.1 Å². The number of piperazine rings is 1. The number of methoxy groups -OCH3 is 1. The van der Waals surface area contributed by atoms with Crippen LogP contribution in [-0.4, -0.2) is 45.7 Å². The second-order valence-electron chi connectivity index (χ2n) is 6.48. The number of rotatable bonds is 6. The Balaban J connectivity index is 1.43. The predicted octanol–water partition coefficient (Wildman–Crippen LogP) is 0.856. The molecule has 0 bridgehead atoms. The molecular weight excluding hydrogens is 333 g/mol. The average Bonchev–Trinajstić information content (AvgIpc) is 2.68. The summed E-state index contributed by atoms with van der Waals surface area (Å²) >= 11 is 0. The molecule has 5 nitrogen and oxygen atoms in total. The first-order chi connectivity index (χ1) is 12.7. The fourth-order valence-corrected chi connectivity index (χ4v) is 3.18. The van der Waals surface area contributed by atoms with Crippen LogP contribution in [0.25, 0.3) is 0 Å². The molecule has 3 rings (SSSR count). The molecule has 26 heavy (non-hydrogen) atoms. The summed E-state index contributed by atoms with van der Waals surface area (Å²) in [6, 6.07) is 14.6. The van der Waals surface area contributed by atoms with Gasteiger partial charge in [0.1, 0.15) is 11.6 Å². The van der Waals surface area contributed by atoms with E-state index < -0.39 is 0 Å². The molecule has 1 aliphatic heterocycles. The van der Waals surface area contributed by atoms with Crippen molar-refractivity contribution in [2.75, 3.05) is 44.7 Å². The van der Waals surface area contributed by atoms with E-state index in [4.69, 9.17) is 4.74 Å². The molecule has 0 spiro atoms. The van der Waals surface area contributed by atoms with E-state index in [9.17, 15) is 9.18 Å². The Morgan fingerprint density at radius 1 is 1.15 bits per heavy atom. The number of nitrogens with zero attached hydrogens (tertiary/aromatic N) is 1. The molecule has 0 saturated carbocycles. The zero-order valence-electron chi connectivity index (χ0n) is 15.0. The van der Waals surface area contributed by atoms with Crippen molar-refractivity contribution in [2.24, 2.45) is 0 Å². The predicted molar refractivity (Wildman–Crippen MR) is 99.0 cm³/mol. The second-order valence-corrected chi connectivity index (χ2v) is 6.48. The maximum Gasteiger partial charge on any atom is 0.275 e. The molecule has 2 aromatic rings. The molecule has 1 aliphatic rings. The molecule has 0 unspecified atom stereocenters. The Kier molecular flexibility index (Phi) is 6.07. The van der Waals surface area contributed by atoms with Gasteiger partial charge in [0.15, 0.2) is 6.54 Å². The van der Waals surface area contributed by atoms with Crippen LogP contribution in [0.1, 0.15) is 5.56 Å². The van der Waals surface area contributed by atoms with Crippen LogP contribution in [0.15, 0.2) is 48.5 Å². The molecule has 2 N–H and O–H groups in total. The maximum atomic E-state index is 13.6. The Bertz CT molecular complexity index is 728. The number of carbonyl (C=O) groups is 1. The SMILES string of the molecule is COc1ccc(N2CC[NH+](CC(=O)NCc3ccccc3F)CC2)cc1. The number of hydrogen-bond donors (Lipinski definition) is 2. The zero-order valence-corrected chi connectivity index (χ0v) is 15.0. The van der Waals surface area contributed by atoms with Gasteiger partial charge in [-0.1, -0.05) is 18.2 Å². The smallest absolute Gasteiger partial charge is 0.275 e. The molecule has 1 fully saturated rings. The van der Waals surface area contributed by atoms with Crippen LogP contribution < -0.4 is 19.9 Å². The van der Waals surface area contributed by atoms with Crippen molar-refractivity contribution >= 4 is 11.6 Å². The largest absolute Gasteiger partial charge is 0.497 e. The van der Waals surface area contributed by atoms with Gasteiger partial charge in [0, 0.05) is 17.8 Å². The first-order valence-electron chi connectivity index (χ1n) is 8.88. The third kappa shape index (κ3) is 4.73. The fourth-order valence-electron chi connectivity index (χ4n) is 3.18. The van der Waals surface area contributed by atoms with Crippen molar-refractivity contribution in [1.82, 2.24) is 5.32 Å². The first kappa shape index (κ1) is 18.2. The van der Waals surface area contributed by atoms with Gasteiger partial charge < -0.3 is 19.9 Å². The molecule has 6 heteroatoms. The number of benzene rings is 2. The minimum absolute atomic E-state index is 0.0406. The lowest BCUT2D eigenvalue weighted by Gasteiger charge is -2.33. The van der Waals surface area contributed by atoms with Crippen LogP contribution >= 0.6 is 0 Å². The third-order valence-electron chi connectivity index (χ3n) is 4.75. The van der Waals surface area contributed by atoms with Crippen LogP contribution in [0, 0.1) is 5.82 Å². The number of amides is 1. The number of nitrogens with one attached hydrogen (secondary N) is 2. The van der Waals surface area contributed by atoms with Gasteiger partial charge >= 0.3 is 0 Å². The van der Waals surface area contributed by atoms with Crippen molar-refractivity contribution in [2.45, 2.75) is 6.54 Å². The molecule has 0 radical (unpaired) electrons. The standard InChI is InChI=1S/C20H24FN3O2/c1-26-18-8-6-17(7-9-18)24-12-10-23(11-13-24)15-20(25)22-14-16-4-2-3-5-19(16)21/h2-9H,10-15H2,1H3,(H,22,25)/p+1. The summed E-state index contributed by atoms with van der Waals surface area (Å²) in [5.74, 6) is 0.527. The second kappa shape index (κ2) is 8.67. The van der Waals surface area contributed by atoms with E-state index in [1.807, 2.05) is 12.1 Å². The van der Waals surface area contributed by atoms with E-state index >= 15 is 0 Å². The highest BCUT2D eigenvalue weighted by atomic mass is 19.1. The molecule has 0 aliphatic carbocycles. The number of carbonyl (C=O) groups excluding carboxylic acids is 1. The first-order valence-corrected chi connectivity index (χ1v) is 8.88. The summed E-state index contributed by atoms with van der Waals surface area (Å²) in [7, 11) is 1.66. The molecule has 2 aromatic carbocycles. The number of quaternary nitrogens is 1. The normalized spacial score (nSPS) is 14.9. The van der Waals surface area contributed by atoms with E-state index in [1.165, 1.54) is 16.7 Å². The van der Waals surface area contributed by atoms with Gasteiger partial charge in [-0.2, -0.15) is 0 Å². The number of anilines is 1. The number of hydrogen-bond acceptors (Lipinski definition) is 3. The monoisotopic (exact) mass is 358 g/mol. The van der Waals surface area contributed by atoms with Crippen LogP contribution in [0.2, 0.25) is 0 Å². The van der Waals surface area contributed by atoms with Crippen LogP contribution in [0.4, 0.5) is 10.1 Å². The number of ether oxygens (including phenoxy) is 1. The summed E-state index contributed by atoms with van der Waals surface area (Å²) in [6.07, 6.45) is 0. The Morgan fingerprint density at radius 2 is 1.85 bits per heavy atom. The number of halogens is 1. The fraction of sp³-hybridized carbons (Fsp3) is 0.350. The van der Waals surface area contributed by atoms with E-state index in [-0.39, 0.29) is 18.3 Å². The average molecular weight is 358 g/mol. The highest BCUT2D eigenvalue weighted by Gasteiger charge is 2.22. The van der Waals surface area contributed by atoms with E-state index in [1.54, 1.807) is 25.3 Å². The molecule has 0 aromatic heterocycles. The summed E-state index contributed by atoms with van der Waals surface area (Å²) in [4.78, 5) is 15.7. The minimum Gasteiger partial charge on any atom is -0.497 e. The topological polar surface area (TPSA) is 46.0 Å². The van der Waals surface area contributed by atoms with Crippen LogP contribution in [-0.2, 0) is 11.3 Å². The highest BCUT2D eigenvalue weighted by Crippen LogP contribution is 2.18. The highest BCUT2D eigenvalue weighted by molar-refractivity contribution is 5.76. The van der Waals surface area contributed by atoms with Gasteiger partial charge in [-0.3, -0.25) is 4.79 Å².